The molecule has 1 heterocycles. The van der Waals surface area contributed by atoms with E-state index in [0.29, 0.717) is 0 Å². The Morgan fingerprint density at radius 3 is 2.55 bits per heavy atom. The lowest BCUT2D eigenvalue weighted by Crippen LogP contribution is -2.60. The fraction of sp³-hybridized carbons (Fsp3) is 0.625. The molecule has 3 nitrogen and oxygen atoms in total. The van der Waals surface area contributed by atoms with Gasteiger partial charge in [0.25, 0.3) is 0 Å². The van der Waals surface area contributed by atoms with E-state index in [1.165, 1.54) is 22.1 Å². The van der Waals surface area contributed by atoms with Gasteiger partial charge in [0.05, 0.1) is 19.7 Å². The molecule has 112 valence electrons. The third kappa shape index (κ3) is 4.16. The van der Waals surface area contributed by atoms with Crippen molar-refractivity contribution < 1.29 is 9.59 Å². The van der Waals surface area contributed by atoms with Crippen molar-refractivity contribution in [3.05, 3.63) is 33.4 Å². The molecule has 1 fully saturated rings. The zero-order valence-corrected chi connectivity index (χ0v) is 14.6. The van der Waals surface area contributed by atoms with Gasteiger partial charge in [-0.25, -0.2) is 0 Å². The van der Waals surface area contributed by atoms with Crippen LogP contribution in [0, 0.1) is 3.57 Å². The molecule has 1 N–H and O–H groups in total. The van der Waals surface area contributed by atoms with Gasteiger partial charge < -0.3 is 9.59 Å². The Morgan fingerprint density at radius 2 is 1.95 bits per heavy atom. The molecule has 1 aromatic carbocycles. The molecular formula is C16H26IN2O+. The van der Waals surface area contributed by atoms with E-state index in [0.717, 1.165) is 43.8 Å². The molecular weight excluding hydrogens is 363 g/mol. The molecule has 0 spiro atoms. The van der Waals surface area contributed by atoms with Crippen LogP contribution in [0.2, 0.25) is 0 Å². The molecule has 4 heteroatoms. The van der Waals surface area contributed by atoms with Crippen molar-refractivity contribution >= 4 is 22.6 Å². The van der Waals surface area contributed by atoms with Gasteiger partial charge in [0.1, 0.15) is 13.1 Å². The lowest BCUT2D eigenvalue weighted by molar-refractivity contribution is -0.945. The summed E-state index contributed by atoms with van der Waals surface area (Å²) < 4.78 is 2.38. The van der Waals surface area contributed by atoms with Crippen molar-refractivity contribution in [3.8, 4) is 0 Å². The third-order valence-electron chi connectivity index (χ3n) is 4.36. The van der Waals surface area contributed by atoms with Crippen molar-refractivity contribution in [2.75, 3.05) is 45.9 Å². The van der Waals surface area contributed by atoms with Gasteiger partial charge in [-0.05, 0) is 41.6 Å². The van der Waals surface area contributed by atoms with Gasteiger partial charge in [-0.2, -0.15) is 0 Å². The van der Waals surface area contributed by atoms with Gasteiger partial charge in [-0.15, -0.1) is 0 Å². The number of rotatable bonds is 6. The largest absolute Gasteiger partial charge is 0.391 e. The minimum atomic E-state index is 0.289. The summed E-state index contributed by atoms with van der Waals surface area (Å²) in [4.78, 5) is 2.56. The second-order valence-corrected chi connectivity index (χ2v) is 6.99. The fourth-order valence-corrected chi connectivity index (χ4v) is 3.69. The van der Waals surface area contributed by atoms with Crippen LogP contribution in [0.15, 0.2) is 24.3 Å². The number of halogens is 1. The summed E-state index contributed by atoms with van der Waals surface area (Å²) in [5, 5.41) is 9.47. The van der Waals surface area contributed by atoms with Crippen LogP contribution < -0.4 is 0 Å². The maximum absolute atomic E-state index is 9.47. The van der Waals surface area contributed by atoms with Crippen LogP contribution in [0.5, 0.6) is 0 Å². The van der Waals surface area contributed by atoms with Gasteiger partial charge in [0.15, 0.2) is 0 Å². The lowest BCUT2D eigenvalue weighted by Gasteiger charge is -2.45. The molecule has 2 rings (SSSR count). The van der Waals surface area contributed by atoms with E-state index in [1.807, 2.05) is 0 Å². The van der Waals surface area contributed by atoms with Crippen molar-refractivity contribution in [1.29, 1.82) is 0 Å². The smallest absolute Gasteiger partial charge is 0.106 e. The number of aliphatic hydroxyl groups is 1. The molecule has 0 unspecified atom stereocenters. The van der Waals surface area contributed by atoms with E-state index in [1.54, 1.807) is 0 Å². The zero-order chi connectivity index (χ0) is 14.4. The quantitative estimate of drug-likeness (QED) is 0.597. The molecule has 1 aliphatic heterocycles. The fourth-order valence-electron chi connectivity index (χ4n) is 3.13. The highest BCUT2D eigenvalue weighted by Gasteiger charge is 2.32. The zero-order valence-electron chi connectivity index (χ0n) is 12.4. The Kier molecular flexibility index (Phi) is 6.26. The summed E-state index contributed by atoms with van der Waals surface area (Å²) in [5.41, 5.74) is 1.42. The summed E-state index contributed by atoms with van der Waals surface area (Å²) in [6.07, 6.45) is 1.23. The number of quaternary nitrogens is 1. The van der Waals surface area contributed by atoms with Gasteiger partial charge >= 0.3 is 0 Å². The summed E-state index contributed by atoms with van der Waals surface area (Å²) >= 11 is 2.43. The van der Waals surface area contributed by atoms with Gasteiger partial charge in [-0.3, -0.25) is 4.90 Å². The second-order valence-electron chi connectivity index (χ2n) is 5.83. The first-order valence-corrected chi connectivity index (χ1v) is 8.69. The van der Waals surface area contributed by atoms with Crippen molar-refractivity contribution in [2.24, 2.45) is 0 Å². The number of hydrogen-bond acceptors (Lipinski definition) is 2. The molecule has 1 aromatic rings. The van der Waals surface area contributed by atoms with Crippen molar-refractivity contribution in [1.82, 2.24) is 4.90 Å². The molecule has 1 saturated heterocycles. The monoisotopic (exact) mass is 389 g/mol. The first-order chi connectivity index (χ1) is 9.69. The summed E-state index contributed by atoms with van der Waals surface area (Å²) in [6, 6.07) is 8.64. The SMILES string of the molecule is CCCN1CC[N+](CCO)(Cc2ccccc2I)CC1. The Morgan fingerprint density at radius 1 is 1.25 bits per heavy atom. The van der Waals surface area contributed by atoms with E-state index in [4.69, 9.17) is 0 Å². The van der Waals surface area contributed by atoms with Crippen LogP contribution >= 0.6 is 22.6 Å². The first kappa shape index (κ1) is 16.2. The minimum Gasteiger partial charge on any atom is -0.391 e. The van der Waals surface area contributed by atoms with Crippen LogP contribution in [0.1, 0.15) is 18.9 Å². The van der Waals surface area contributed by atoms with Gasteiger partial charge in [0.2, 0.25) is 0 Å². The highest BCUT2D eigenvalue weighted by molar-refractivity contribution is 14.1. The van der Waals surface area contributed by atoms with Crippen LogP contribution in [0.3, 0.4) is 0 Å². The average Bonchev–Trinajstić information content (AvgIpc) is 2.45. The number of nitrogens with zero attached hydrogens (tertiary/aromatic N) is 2. The topological polar surface area (TPSA) is 23.5 Å². The standard InChI is InChI=1S/C16H26IN2O/c1-2-7-18-8-10-19(11-9-18,12-13-20)14-15-5-3-4-6-16(15)17/h3-6,20H,2,7-14H2,1H3/q+1. The highest BCUT2D eigenvalue weighted by Crippen LogP contribution is 2.21. The van der Waals surface area contributed by atoms with E-state index >= 15 is 0 Å². The Bertz CT molecular complexity index is 417. The molecule has 0 aliphatic carbocycles. The summed E-state index contributed by atoms with van der Waals surface area (Å²) in [5.74, 6) is 0. The predicted octanol–water partition coefficient (Wildman–Crippen LogP) is 2.33. The average molecular weight is 389 g/mol. The molecule has 20 heavy (non-hydrogen) atoms. The Hall–Kier alpha value is -0.170. The van der Waals surface area contributed by atoms with E-state index < -0.39 is 0 Å². The molecule has 0 saturated carbocycles. The highest BCUT2D eigenvalue weighted by atomic mass is 127. The van der Waals surface area contributed by atoms with Gasteiger partial charge in [0, 0.05) is 22.2 Å². The molecule has 0 amide bonds. The van der Waals surface area contributed by atoms with Crippen LogP contribution in [-0.4, -0.2) is 60.4 Å². The number of piperazine rings is 1. The molecule has 0 aromatic heterocycles. The molecule has 0 radical (unpaired) electrons. The number of hydrogen-bond donors (Lipinski definition) is 1. The number of benzene rings is 1. The summed E-state index contributed by atoms with van der Waals surface area (Å²) in [6.45, 7) is 10.3. The van der Waals surface area contributed by atoms with E-state index in [-0.39, 0.29) is 6.61 Å². The molecule has 0 bridgehead atoms. The third-order valence-corrected chi connectivity index (χ3v) is 5.41. The lowest BCUT2D eigenvalue weighted by atomic mass is 10.1. The van der Waals surface area contributed by atoms with Crippen LogP contribution in [0.25, 0.3) is 0 Å². The van der Waals surface area contributed by atoms with Crippen LogP contribution in [-0.2, 0) is 6.54 Å². The summed E-state index contributed by atoms with van der Waals surface area (Å²) in [7, 11) is 0. The second kappa shape index (κ2) is 7.73. The normalized spacial score (nSPS) is 19.1. The Labute approximate surface area is 136 Å². The van der Waals surface area contributed by atoms with Gasteiger partial charge in [-0.1, -0.05) is 25.1 Å². The Balaban J connectivity index is 2.06. The van der Waals surface area contributed by atoms with E-state index in [9.17, 15) is 5.11 Å². The molecule has 1 aliphatic rings. The maximum atomic E-state index is 9.47. The maximum Gasteiger partial charge on any atom is 0.106 e. The van der Waals surface area contributed by atoms with Crippen LogP contribution in [0.4, 0.5) is 0 Å². The molecule has 0 atom stereocenters. The van der Waals surface area contributed by atoms with E-state index in [2.05, 4.69) is 58.7 Å². The first-order valence-electron chi connectivity index (χ1n) is 7.61. The number of aliphatic hydroxyl groups excluding tert-OH is 1. The predicted molar refractivity (Wildman–Crippen MR) is 91.5 cm³/mol. The minimum absolute atomic E-state index is 0.289. The van der Waals surface area contributed by atoms with Crippen molar-refractivity contribution in [3.63, 3.8) is 0 Å². The van der Waals surface area contributed by atoms with Crippen molar-refractivity contribution in [2.45, 2.75) is 19.9 Å².